The molecule has 2 aliphatic heterocycles. The second-order valence-electron chi connectivity index (χ2n) is 6.62. The minimum atomic E-state index is -0.0239. The SMILES string of the molecule is CCNC1CCC(OC2CCOC3(CCOC3)C2)CC1. The maximum absolute atomic E-state index is 6.38. The normalized spacial score (nSPS) is 42.1. The van der Waals surface area contributed by atoms with Crippen molar-refractivity contribution in [1.82, 2.24) is 5.32 Å². The van der Waals surface area contributed by atoms with Crippen LogP contribution in [-0.2, 0) is 14.2 Å². The van der Waals surface area contributed by atoms with Crippen molar-refractivity contribution in [3.05, 3.63) is 0 Å². The zero-order valence-corrected chi connectivity index (χ0v) is 12.7. The first kappa shape index (κ1) is 14.8. The lowest BCUT2D eigenvalue weighted by Crippen LogP contribution is -2.45. The van der Waals surface area contributed by atoms with Crippen molar-refractivity contribution in [2.45, 2.75) is 75.7 Å². The highest BCUT2D eigenvalue weighted by Crippen LogP contribution is 2.35. The largest absolute Gasteiger partial charge is 0.378 e. The third-order valence-electron chi connectivity index (χ3n) is 5.07. The van der Waals surface area contributed by atoms with Crippen LogP contribution in [-0.4, -0.2) is 50.2 Å². The Morgan fingerprint density at radius 1 is 1.10 bits per heavy atom. The van der Waals surface area contributed by atoms with Gasteiger partial charge < -0.3 is 19.5 Å². The van der Waals surface area contributed by atoms with E-state index in [1.54, 1.807) is 0 Å². The highest BCUT2D eigenvalue weighted by atomic mass is 16.6. The number of ether oxygens (including phenoxy) is 3. The first-order valence-electron chi connectivity index (χ1n) is 8.40. The molecule has 2 saturated heterocycles. The maximum atomic E-state index is 6.38. The summed E-state index contributed by atoms with van der Waals surface area (Å²) in [6.45, 7) is 5.72. The lowest BCUT2D eigenvalue weighted by molar-refractivity contribution is -0.151. The molecule has 2 atom stereocenters. The Hall–Kier alpha value is -0.160. The molecule has 4 heteroatoms. The smallest absolute Gasteiger partial charge is 0.0961 e. The molecule has 0 aromatic heterocycles. The van der Waals surface area contributed by atoms with Crippen LogP contribution >= 0.6 is 0 Å². The molecule has 0 bridgehead atoms. The van der Waals surface area contributed by atoms with Gasteiger partial charge in [0.2, 0.25) is 0 Å². The van der Waals surface area contributed by atoms with Crippen LogP contribution in [0.2, 0.25) is 0 Å². The summed E-state index contributed by atoms with van der Waals surface area (Å²) in [5.41, 5.74) is -0.0239. The van der Waals surface area contributed by atoms with Gasteiger partial charge in [-0.15, -0.1) is 0 Å². The van der Waals surface area contributed by atoms with Crippen LogP contribution in [0.5, 0.6) is 0 Å². The van der Waals surface area contributed by atoms with Gasteiger partial charge in [-0.05, 0) is 38.6 Å². The van der Waals surface area contributed by atoms with E-state index >= 15 is 0 Å². The fourth-order valence-corrected chi connectivity index (χ4v) is 3.93. The van der Waals surface area contributed by atoms with Gasteiger partial charge in [0.25, 0.3) is 0 Å². The molecule has 2 unspecified atom stereocenters. The van der Waals surface area contributed by atoms with E-state index < -0.39 is 0 Å². The summed E-state index contributed by atoms with van der Waals surface area (Å²) in [6.07, 6.45) is 8.90. The average Bonchev–Trinajstić information content (AvgIpc) is 2.89. The molecule has 1 N–H and O–H groups in total. The predicted molar refractivity (Wildman–Crippen MR) is 77.9 cm³/mol. The van der Waals surface area contributed by atoms with Gasteiger partial charge in [-0.1, -0.05) is 6.92 Å². The third-order valence-corrected chi connectivity index (χ3v) is 5.07. The first-order chi connectivity index (χ1) is 9.80. The Kier molecular flexibility index (Phi) is 4.97. The van der Waals surface area contributed by atoms with Crippen molar-refractivity contribution in [2.75, 3.05) is 26.4 Å². The Bertz CT molecular complexity index is 296. The molecule has 0 amide bonds. The van der Waals surface area contributed by atoms with Crippen molar-refractivity contribution in [3.63, 3.8) is 0 Å². The van der Waals surface area contributed by atoms with Gasteiger partial charge in [0.15, 0.2) is 0 Å². The van der Waals surface area contributed by atoms with Crippen LogP contribution in [0.15, 0.2) is 0 Å². The Balaban J connectivity index is 1.44. The van der Waals surface area contributed by atoms with Gasteiger partial charge in [0, 0.05) is 32.1 Å². The molecule has 3 aliphatic rings. The first-order valence-corrected chi connectivity index (χ1v) is 8.40. The zero-order valence-electron chi connectivity index (χ0n) is 12.7. The van der Waals surface area contributed by atoms with Crippen molar-refractivity contribution < 1.29 is 14.2 Å². The van der Waals surface area contributed by atoms with Gasteiger partial charge >= 0.3 is 0 Å². The quantitative estimate of drug-likeness (QED) is 0.859. The molecular weight excluding hydrogens is 254 g/mol. The number of rotatable bonds is 4. The molecule has 0 radical (unpaired) electrons. The standard InChI is InChI=1S/C16H29NO3/c1-2-17-13-3-5-14(6-4-13)20-15-7-9-19-16(11-15)8-10-18-12-16/h13-15,17H,2-12H2,1H3. The molecule has 1 aliphatic carbocycles. The topological polar surface area (TPSA) is 39.7 Å². The monoisotopic (exact) mass is 283 g/mol. The van der Waals surface area contributed by atoms with Gasteiger partial charge in [-0.3, -0.25) is 0 Å². The van der Waals surface area contributed by atoms with Crippen LogP contribution in [0, 0.1) is 0 Å². The summed E-state index contributed by atoms with van der Waals surface area (Å²) >= 11 is 0. The van der Waals surface area contributed by atoms with Gasteiger partial charge in [0.1, 0.15) is 0 Å². The fraction of sp³-hybridized carbons (Fsp3) is 1.00. The van der Waals surface area contributed by atoms with E-state index in [2.05, 4.69) is 12.2 Å². The number of hydrogen-bond acceptors (Lipinski definition) is 4. The van der Waals surface area contributed by atoms with E-state index in [9.17, 15) is 0 Å². The van der Waals surface area contributed by atoms with E-state index in [4.69, 9.17) is 14.2 Å². The van der Waals surface area contributed by atoms with Gasteiger partial charge in [-0.2, -0.15) is 0 Å². The molecule has 1 spiro atoms. The van der Waals surface area contributed by atoms with Crippen LogP contribution in [0.3, 0.4) is 0 Å². The van der Waals surface area contributed by atoms with Crippen molar-refractivity contribution in [3.8, 4) is 0 Å². The van der Waals surface area contributed by atoms with Crippen LogP contribution in [0.1, 0.15) is 51.9 Å². The van der Waals surface area contributed by atoms with Crippen LogP contribution < -0.4 is 5.32 Å². The molecule has 2 heterocycles. The summed E-state index contributed by atoms with van der Waals surface area (Å²) in [5, 5.41) is 3.56. The number of hydrogen-bond donors (Lipinski definition) is 1. The molecule has 3 rings (SSSR count). The van der Waals surface area contributed by atoms with E-state index in [-0.39, 0.29) is 5.60 Å². The summed E-state index contributed by atoms with van der Waals surface area (Å²) < 4.78 is 17.9. The summed E-state index contributed by atoms with van der Waals surface area (Å²) in [7, 11) is 0. The fourth-order valence-electron chi connectivity index (χ4n) is 3.93. The zero-order chi connectivity index (χ0) is 13.8. The molecule has 20 heavy (non-hydrogen) atoms. The minimum absolute atomic E-state index is 0.0239. The van der Waals surface area contributed by atoms with Crippen molar-refractivity contribution in [2.24, 2.45) is 0 Å². The number of nitrogens with one attached hydrogen (secondary N) is 1. The summed E-state index contributed by atoms with van der Waals surface area (Å²) in [5.74, 6) is 0. The Morgan fingerprint density at radius 3 is 2.65 bits per heavy atom. The van der Waals surface area contributed by atoms with Crippen LogP contribution in [0.4, 0.5) is 0 Å². The second kappa shape index (κ2) is 6.73. The maximum Gasteiger partial charge on any atom is 0.0961 e. The highest BCUT2D eigenvalue weighted by Gasteiger charge is 2.42. The summed E-state index contributed by atoms with van der Waals surface area (Å²) in [4.78, 5) is 0. The Morgan fingerprint density at radius 2 is 1.95 bits per heavy atom. The minimum Gasteiger partial charge on any atom is -0.378 e. The van der Waals surface area contributed by atoms with E-state index in [1.165, 1.54) is 25.7 Å². The van der Waals surface area contributed by atoms with Gasteiger partial charge in [0.05, 0.1) is 24.4 Å². The lowest BCUT2D eigenvalue weighted by atomic mass is 9.89. The van der Waals surface area contributed by atoms with E-state index in [0.717, 1.165) is 45.6 Å². The summed E-state index contributed by atoms with van der Waals surface area (Å²) in [6, 6.07) is 0.712. The molecule has 116 valence electrons. The molecule has 0 aromatic rings. The molecule has 4 nitrogen and oxygen atoms in total. The lowest BCUT2D eigenvalue weighted by Gasteiger charge is -2.39. The van der Waals surface area contributed by atoms with Gasteiger partial charge in [-0.25, -0.2) is 0 Å². The average molecular weight is 283 g/mol. The third kappa shape index (κ3) is 3.53. The van der Waals surface area contributed by atoms with Crippen molar-refractivity contribution >= 4 is 0 Å². The molecular formula is C16H29NO3. The molecule has 3 fully saturated rings. The van der Waals surface area contributed by atoms with Crippen molar-refractivity contribution in [1.29, 1.82) is 0 Å². The Labute approximate surface area is 122 Å². The molecule has 0 aromatic carbocycles. The molecule has 1 saturated carbocycles. The van der Waals surface area contributed by atoms with E-state index in [0.29, 0.717) is 18.2 Å². The highest BCUT2D eigenvalue weighted by molar-refractivity contribution is 4.91. The van der Waals surface area contributed by atoms with Crippen LogP contribution in [0.25, 0.3) is 0 Å². The second-order valence-corrected chi connectivity index (χ2v) is 6.62. The predicted octanol–water partition coefficient (Wildman–Crippen LogP) is 2.26. The van der Waals surface area contributed by atoms with E-state index in [1.807, 2.05) is 0 Å².